The molecule has 0 bridgehead atoms. The van der Waals surface area contributed by atoms with E-state index in [-0.39, 0.29) is 5.82 Å². The highest BCUT2D eigenvalue weighted by atomic mass is 19.1. The van der Waals surface area contributed by atoms with Crippen LogP contribution in [0.4, 0.5) is 4.39 Å². The molecule has 0 amide bonds. The van der Waals surface area contributed by atoms with E-state index >= 15 is 0 Å². The van der Waals surface area contributed by atoms with Gasteiger partial charge in [-0.3, -0.25) is 0 Å². The second kappa shape index (κ2) is 10.4. The lowest BCUT2D eigenvalue weighted by Crippen LogP contribution is -2.11. The van der Waals surface area contributed by atoms with Crippen molar-refractivity contribution in [2.24, 2.45) is 0 Å². The zero-order valence-corrected chi connectivity index (χ0v) is 17.2. The maximum absolute atomic E-state index is 14.9. The molecule has 0 spiro atoms. The van der Waals surface area contributed by atoms with Crippen molar-refractivity contribution in [1.29, 1.82) is 0 Å². The summed E-state index contributed by atoms with van der Waals surface area (Å²) in [5, 5.41) is 0. The summed E-state index contributed by atoms with van der Waals surface area (Å²) in [5.41, 5.74) is 3.68. The molecule has 1 aromatic heterocycles. The molecule has 3 nitrogen and oxygen atoms in total. The molecule has 152 valence electrons. The smallest absolute Gasteiger partial charge is 0.213 e. The number of fused-ring (bicyclic) bond motifs is 3. The van der Waals surface area contributed by atoms with Crippen LogP contribution >= 0.6 is 0 Å². The highest BCUT2D eigenvalue weighted by Gasteiger charge is 2.23. The number of benzene rings is 1. The number of unbranched alkanes of at least 4 members (excludes halogenated alkanes) is 5. The Balaban J connectivity index is 1.68. The first-order valence-electron chi connectivity index (χ1n) is 10.8. The fraction of sp³-hybridized carbons (Fsp3) is 0.542. The van der Waals surface area contributed by atoms with Crippen molar-refractivity contribution in [3.05, 3.63) is 41.3 Å². The Morgan fingerprint density at radius 3 is 2.36 bits per heavy atom. The van der Waals surface area contributed by atoms with Crippen LogP contribution in [0.15, 0.2) is 24.3 Å². The van der Waals surface area contributed by atoms with Crippen molar-refractivity contribution in [3.63, 3.8) is 0 Å². The first-order valence-corrected chi connectivity index (χ1v) is 10.8. The molecule has 0 radical (unpaired) electrons. The van der Waals surface area contributed by atoms with E-state index in [2.05, 4.69) is 18.8 Å². The minimum Gasteiger partial charge on any atom is -0.491 e. The van der Waals surface area contributed by atoms with E-state index < -0.39 is 0 Å². The van der Waals surface area contributed by atoms with Gasteiger partial charge in [0.05, 0.1) is 18.9 Å². The van der Waals surface area contributed by atoms with Gasteiger partial charge in [0.2, 0.25) is 5.88 Å². The molecule has 0 aliphatic heterocycles. The van der Waals surface area contributed by atoms with Gasteiger partial charge in [-0.05, 0) is 48.9 Å². The van der Waals surface area contributed by atoms with Crippen LogP contribution in [0.25, 0.3) is 11.1 Å². The van der Waals surface area contributed by atoms with Gasteiger partial charge in [-0.15, -0.1) is 0 Å². The monoisotopic (exact) mass is 385 g/mol. The fourth-order valence-corrected chi connectivity index (χ4v) is 3.69. The molecule has 28 heavy (non-hydrogen) atoms. The Hall–Kier alpha value is -2.10. The van der Waals surface area contributed by atoms with Crippen LogP contribution in [0.1, 0.15) is 70.1 Å². The number of aryl methyl sites for hydroxylation is 1. The number of pyridine rings is 1. The minimum absolute atomic E-state index is 0.212. The van der Waals surface area contributed by atoms with Gasteiger partial charge in [0.25, 0.3) is 0 Å². The van der Waals surface area contributed by atoms with Crippen molar-refractivity contribution in [1.82, 2.24) is 4.98 Å². The summed E-state index contributed by atoms with van der Waals surface area (Å²) in [6.07, 6.45) is 9.28. The first kappa shape index (κ1) is 20.6. The number of hydrogen-bond acceptors (Lipinski definition) is 3. The van der Waals surface area contributed by atoms with Gasteiger partial charge in [-0.1, -0.05) is 52.0 Å². The predicted molar refractivity (Wildman–Crippen MR) is 112 cm³/mol. The maximum Gasteiger partial charge on any atom is 0.213 e. The van der Waals surface area contributed by atoms with Crippen LogP contribution in [-0.2, 0) is 12.8 Å². The summed E-state index contributed by atoms with van der Waals surface area (Å²) in [6, 6.07) is 7.65. The largest absolute Gasteiger partial charge is 0.491 e. The van der Waals surface area contributed by atoms with E-state index in [9.17, 15) is 4.39 Å². The van der Waals surface area contributed by atoms with Crippen molar-refractivity contribution in [3.8, 4) is 22.8 Å². The molecule has 0 fully saturated rings. The van der Waals surface area contributed by atoms with E-state index in [1.165, 1.54) is 19.3 Å². The summed E-state index contributed by atoms with van der Waals surface area (Å²) >= 11 is 0. The molecule has 0 saturated carbocycles. The third-order valence-corrected chi connectivity index (χ3v) is 5.31. The molecule has 1 heterocycles. The minimum atomic E-state index is -0.212. The number of aromatic nitrogens is 1. The van der Waals surface area contributed by atoms with E-state index in [0.717, 1.165) is 54.5 Å². The second-order valence-electron chi connectivity index (χ2n) is 7.51. The molecule has 4 heteroatoms. The van der Waals surface area contributed by atoms with Crippen molar-refractivity contribution in [2.45, 2.75) is 71.6 Å². The summed E-state index contributed by atoms with van der Waals surface area (Å²) in [4.78, 5) is 4.68. The molecule has 0 atom stereocenters. The van der Waals surface area contributed by atoms with Gasteiger partial charge in [-0.25, -0.2) is 9.37 Å². The molecular weight excluding hydrogens is 353 g/mol. The molecule has 1 aliphatic rings. The molecule has 1 aliphatic carbocycles. The lowest BCUT2D eigenvalue weighted by Gasteiger charge is -2.21. The Labute approximate surface area is 168 Å². The first-order chi connectivity index (χ1) is 13.7. The third kappa shape index (κ3) is 5.03. The van der Waals surface area contributed by atoms with Gasteiger partial charge in [0, 0.05) is 11.6 Å². The predicted octanol–water partition coefficient (Wildman–Crippen LogP) is 6.51. The zero-order valence-electron chi connectivity index (χ0n) is 17.2. The fourth-order valence-electron chi connectivity index (χ4n) is 3.69. The Morgan fingerprint density at radius 1 is 0.821 bits per heavy atom. The molecule has 0 unspecified atom stereocenters. The van der Waals surface area contributed by atoms with Gasteiger partial charge in [0.1, 0.15) is 0 Å². The van der Waals surface area contributed by atoms with Gasteiger partial charge >= 0.3 is 0 Å². The van der Waals surface area contributed by atoms with E-state index in [1.54, 1.807) is 6.07 Å². The molecule has 2 aromatic rings. The summed E-state index contributed by atoms with van der Waals surface area (Å²) < 4.78 is 26.4. The van der Waals surface area contributed by atoms with Crippen LogP contribution in [-0.4, -0.2) is 18.2 Å². The molecular formula is C24H32FNO2. The highest BCUT2D eigenvalue weighted by molar-refractivity contribution is 5.73. The molecule has 1 aromatic carbocycles. The Morgan fingerprint density at radius 2 is 1.54 bits per heavy atom. The molecule has 0 saturated heterocycles. The van der Waals surface area contributed by atoms with Crippen molar-refractivity contribution in [2.75, 3.05) is 13.2 Å². The summed E-state index contributed by atoms with van der Waals surface area (Å²) in [7, 11) is 0. The Bertz CT molecular complexity index is 775. The Kier molecular flexibility index (Phi) is 7.70. The average molecular weight is 386 g/mol. The summed E-state index contributed by atoms with van der Waals surface area (Å²) in [6.45, 7) is 5.62. The molecule has 3 rings (SSSR count). The van der Waals surface area contributed by atoms with E-state index in [1.807, 2.05) is 18.2 Å². The van der Waals surface area contributed by atoms with Gasteiger partial charge in [-0.2, -0.15) is 0 Å². The lowest BCUT2D eigenvalue weighted by atomic mass is 9.88. The van der Waals surface area contributed by atoms with Crippen LogP contribution in [0, 0.1) is 5.82 Å². The van der Waals surface area contributed by atoms with E-state index in [4.69, 9.17) is 9.47 Å². The average Bonchev–Trinajstić information content (AvgIpc) is 2.72. The molecule has 0 N–H and O–H groups in total. The summed E-state index contributed by atoms with van der Waals surface area (Å²) in [5.74, 6) is 0.837. The van der Waals surface area contributed by atoms with E-state index in [0.29, 0.717) is 31.3 Å². The standard InChI is InChI=1S/C24H32FNO2/c1-3-5-7-9-17-28-23-15-12-19-18-11-14-22(27-16-8-6-4-2)24(25)20(18)10-13-21(19)26-23/h11-12,14-15H,3-10,13,16-17H2,1-2H3. The van der Waals surface area contributed by atoms with Crippen LogP contribution in [0.5, 0.6) is 11.6 Å². The normalized spacial score (nSPS) is 12.4. The van der Waals surface area contributed by atoms with Gasteiger partial charge in [0.15, 0.2) is 11.6 Å². The van der Waals surface area contributed by atoms with Crippen molar-refractivity contribution < 1.29 is 13.9 Å². The third-order valence-electron chi connectivity index (χ3n) is 5.31. The van der Waals surface area contributed by atoms with Crippen molar-refractivity contribution >= 4 is 0 Å². The quantitative estimate of drug-likeness (QED) is 0.413. The topological polar surface area (TPSA) is 31.4 Å². The number of halogens is 1. The van der Waals surface area contributed by atoms with Gasteiger partial charge < -0.3 is 9.47 Å². The SMILES string of the molecule is CCCCCCOc1ccc2c(n1)CCc1c-2ccc(OCCCCC)c1F. The lowest BCUT2D eigenvalue weighted by molar-refractivity contribution is 0.290. The maximum atomic E-state index is 14.9. The second-order valence-corrected chi connectivity index (χ2v) is 7.51. The number of hydrogen-bond donors (Lipinski definition) is 0. The highest BCUT2D eigenvalue weighted by Crippen LogP contribution is 2.38. The van der Waals surface area contributed by atoms with Crippen LogP contribution in [0.2, 0.25) is 0 Å². The number of rotatable bonds is 11. The number of ether oxygens (including phenoxy) is 2. The number of nitrogens with zero attached hydrogens (tertiary/aromatic N) is 1. The van der Waals surface area contributed by atoms with Crippen LogP contribution < -0.4 is 9.47 Å². The zero-order chi connectivity index (χ0) is 19.8. The van der Waals surface area contributed by atoms with Crippen LogP contribution in [0.3, 0.4) is 0 Å².